The first-order valence-corrected chi connectivity index (χ1v) is 10.9. The van der Waals surface area contributed by atoms with Crippen LogP contribution >= 0.6 is 12.2 Å². The second kappa shape index (κ2) is 10.0. The molecule has 0 spiro atoms. The van der Waals surface area contributed by atoms with E-state index in [2.05, 4.69) is 32.5 Å². The first kappa shape index (κ1) is 22.1. The van der Waals surface area contributed by atoms with Crippen LogP contribution in [0, 0.1) is 0 Å². The molecule has 2 fully saturated rings. The van der Waals surface area contributed by atoms with Crippen LogP contribution in [-0.2, 0) is 14.2 Å². The lowest BCUT2D eigenvalue weighted by Crippen LogP contribution is -2.36. The molecule has 11 nitrogen and oxygen atoms in total. The Morgan fingerprint density at radius 2 is 2.19 bits per heavy atom. The molecule has 0 bridgehead atoms. The van der Waals surface area contributed by atoms with Crippen molar-refractivity contribution in [2.45, 2.75) is 56.8 Å². The minimum atomic E-state index is -1.18. The minimum Gasteiger partial charge on any atom is -0.468 e. The average Bonchev–Trinajstić information content (AvgIpc) is 3.49. The molecule has 0 radical (unpaired) electrons. The van der Waals surface area contributed by atoms with Gasteiger partial charge in [-0.3, -0.25) is 4.57 Å². The van der Waals surface area contributed by atoms with Crippen LogP contribution < -0.4 is 10.6 Å². The predicted molar refractivity (Wildman–Crippen MR) is 116 cm³/mol. The number of hydrogen-bond acceptors (Lipinski definition) is 10. The number of imidazole rings is 1. The van der Waals surface area contributed by atoms with E-state index in [1.165, 1.54) is 12.7 Å². The standard InChI is InChI=1S/C19H28N6O5S/c1-2-3-5-20-19(31)29-8-12-14(26)15(27)18(30-12)25-10-23-13-16(21-9-22-17(13)25)24-11-4-6-28-7-11/h9-12,14-15,18,26-27H,2-8H2,1H3,(H,20,31)(H,21,22,24)/t11?,12-,14-,15-,18?/m1/s1. The molecule has 4 rings (SSSR count). The lowest BCUT2D eigenvalue weighted by atomic mass is 10.1. The van der Waals surface area contributed by atoms with E-state index in [4.69, 9.17) is 26.4 Å². The van der Waals surface area contributed by atoms with E-state index >= 15 is 0 Å². The van der Waals surface area contributed by atoms with Gasteiger partial charge >= 0.3 is 0 Å². The average molecular weight is 453 g/mol. The third-order valence-electron chi connectivity index (χ3n) is 5.42. The van der Waals surface area contributed by atoms with Crippen LogP contribution in [-0.4, -0.2) is 85.6 Å². The molecule has 0 amide bonds. The van der Waals surface area contributed by atoms with Gasteiger partial charge in [-0.1, -0.05) is 13.3 Å². The monoisotopic (exact) mass is 452 g/mol. The van der Waals surface area contributed by atoms with E-state index in [0.717, 1.165) is 25.8 Å². The summed E-state index contributed by atoms with van der Waals surface area (Å²) in [5.74, 6) is 0.593. The molecule has 170 valence electrons. The molecule has 2 aliphatic rings. The van der Waals surface area contributed by atoms with E-state index in [0.29, 0.717) is 30.2 Å². The summed E-state index contributed by atoms with van der Waals surface area (Å²) < 4.78 is 18.4. The van der Waals surface area contributed by atoms with Crippen LogP contribution in [0.15, 0.2) is 12.7 Å². The topological polar surface area (TPSA) is 136 Å². The number of thiocarbonyl (C=S) groups is 1. The van der Waals surface area contributed by atoms with E-state index < -0.39 is 24.5 Å². The maximum atomic E-state index is 10.6. The van der Waals surface area contributed by atoms with Gasteiger partial charge in [-0.25, -0.2) is 15.0 Å². The zero-order valence-corrected chi connectivity index (χ0v) is 18.1. The number of fused-ring (bicyclic) bond motifs is 1. The maximum absolute atomic E-state index is 10.6. The van der Waals surface area contributed by atoms with E-state index in [1.807, 2.05) is 0 Å². The van der Waals surface area contributed by atoms with Crippen LogP contribution in [0.2, 0.25) is 0 Å². The number of aliphatic hydroxyl groups excluding tert-OH is 2. The van der Waals surface area contributed by atoms with Gasteiger partial charge in [-0.05, 0) is 25.1 Å². The lowest BCUT2D eigenvalue weighted by Gasteiger charge is -2.17. The van der Waals surface area contributed by atoms with Crippen LogP contribution in [0.4, 0.5) is 5.82 Å². The molecular formula is C19H28N6O5S. The molecule has 12 heteroatoms. The van der Waals surface area contributed by atoms with Crippen molar-refractivity contribution >= 4 is 34.4 Å². The lowest BCUT2D eigenvalue weighted by molar-refractivity contribution is -0.0491. The maximum Gasteiger partial charge on any atom is 0.256 e. The molecule has 2 saturated heterocycles. The third kappa shape index (κ3) is 4.88. The smallest absolute Gasteiger partial charge is 0.256 e. The molecule has 2 aromatic rings. The zero-order valence-electron chi connectivity index (χ0n) is 17.3. The second-order valence-corrected chi connectivity index (χ2v) is 8.05. The number of anilines is 1. The molecule has 31 heavy (non-hydrogen) atoms. The van der Waals surface area contributed by atoms with Gasteiger partial charge in [0.2, 0.25) is 0 Å². The Balaban J connectivity index is 1.43. The molecule has 0 saturated carbocycles. The summed E-state index contributed by atoms with van der Waals surface area (Å²) in [5, 5.41) is 27.6. The first-order valence-electron chi connectivity index (χ1n) is 10.5. The van der Waals surface area contributed by atoms with Gasteiger partial charge in [0.15, 0.2) is 23.2 Å². The molecule has 0 aliphatic carbocycles. The van der Waals surface area contributed by atoms with Gasteiger partial charge in [0.1, 0.15) is 31.2 Å². The molecule has 0 aromatic carbocycles. The van der Waals surface area contributed by atoms with Crippen LogP contribution in [0.1, 0.15) is 32.4 Å². The number of unbranched alkanes of at least 4 members (excludes halogenated alkanes) is 1. The van der Waals surface area contributed by atoms with Crippen molar-refractivity contribution in [3.8, 4) is 0 Å². The van der Waals surface area contributed by atoms with Crippen molar-refractivity contribution < 1.29 is 24.4 Å². The SMILES string of the molecule is CCCCNC(=S)OC[C@H]1OC(n2cnc3c(NC4CCOC4)ncnc32)[C@H](O)[C@@H]1O. The Labute approximate surface area is 185 Å². The summed E-state index contributed by atoms with van der Waals surface area (Å²) in [7, 11) is 0. The summed E-state index contributed by atoms with van der Waals surface area (Å²) in [6, 6.07) is 0.162. The Morgan fingerprint density at radius 1 is 1.32 bits per heavy atom. The Bertz CT molecular complexity index is 892. The Hall–Kier alpha value is -2.12. The number of rotatable bonds is 8. The summed E-state index contributed by atoms with van der Waals surface area (Å²) in [5.41, 5.74) is 1.05. The second-order valence-electron chi connectivity index (χ2n) is 7.68. The number of nitrogens with zero attached hydrogens (tertiary/aromatic N) is 4. The fourth-order valence-corrected chi connectivity index (χ4v) is 3.83. The quantitative estimate of drug-likeness (QED) is 0.326. The summed E-state index contributed by atoms with van der Waals surface area (Å²) >= 11 is 5.13. The fraction of sp³-hybridized carbons (Fsp3) is 0.684. The highest BCUT2D eigenvalue weighted by Gasteiger charge is 2.44. The number of ether oxygens (including phenoxy) is 3. The minimum absolute atomic E-state index is 0.0167. The van der Waals surface area contributed by atoms with Crippen molar-refractivity contribution in [1.29, 1.82) is 0 Å². The van der Waals surface area contributed by atoms with Crippen molar-refractivity contribution in [3.05, 3.63) is 12.7 Å². The first-order chi connectivity index (χ1) is 15.1. The van der Waals surface area contributed by atoms with Crippen LogP contribution in [0.3, 0.4) is 0 Å². The van der Waals surface area contributed by atoms with Gasteiger partial charge in [-0.15, -0.1) is 0 Å². The van der Waals surface area contributed by atoms with Crippen molar-refractivity contribution in [2.75, 3.05) is 31.7 Å². The highest BCUT2D eigenvalue weighted by atomic mass is 32.1. The highest BCUT2D eigenvalue weighted by Crippen LogP contribution is 2.32. The molecule has 4 N–H and O–H groups in total. The van der Waals surface area contributed by atoms with E-state index in [9.17, 15) is 10.2 Å². The fourth-order valence-electron chi connectivity index (χ4n) is 3.66. The number of aliphatic hydroxyl groups is 2. The van der Waals surface area contributed by atoms with Crippen LogP contribution in [0.25, 0.3) is 11.2 Å². The van der Waals surface area contributed by atoms with Crippen molar-refractivity contribution in [1.82, 2.24) is 24.8 Å². The molecular weight excluding hydrogens is 424 g/mol. The number of hydrogen-bond donors (Lipinski definition) is 4. The highest BCUT2D eigenvalue weighted by molar-refractivity contribution is 7.80. The molecule has 5 atom stereocenters. The predicted octanol–water partition coefficient (Wildman–Crippen LogP) is 0.338. The van der Waals surface area contributed by atoms with Gasteiger partial charge < -0.3 is 35.1 Å². The summed E-state index contributed by atoms with van der Waals surface area (Å²) in [4.78, 5) is 13.0. The summed E-state index contributed by atoms with van der Waals surface area (Å²) in [6.07, 6.45) is 1.92. The van der Waals surface area contributed by atoms with E-state index in [-0.39, 0.29) is 17.8 Å². The van der Waals surface area contributed by atoms with Gasteiger partial charge in [0, 0.05) is 13.2 Å². The number of aromatic nitrogens is 4. The Kier molecular flexibility index (Phi) is 7.13. The normalized spacial score (nSPS) is 28.2. The third-order valence-corrected chi connectivity index (χ3v) is 5.68. The van der Waals surface area contributed by atoms with Gasteiger partial charge in [0.05, 0.1) is 19.0 Å². The Morgan fingerprint density at radius 3 is 2.97 bits per heavy atom. The largest absolute Gasteiger partial charge is 0.468 e. The molecule has 2 unspecified atom stereocenters. The molecule has 2 aliphatic heterocycles. The summed E-state index contributed by atoms with van der Waals surface area (Å²) in [6.45, 7) is 4.14. The molecule has 2 aromatic heterocycles. The number of nitrogens with one attached hydrogen (secondary N) is 2. The van der Waals surface area contributed by atoms with E-state index in [1.54, 1.807) is 4.57 Å². The van der Waals surface area contributed by atoms with Crippen LogP contribution in [0.5, 0.6) is 0 Å². The molecule has 4 heterocycles. The van der Waals surface area contributed by atoms with Gasteiger partial charge in [-0.2, -0.15) is 0 Å². The van der Waals surface area contributed by atoms with Crippen molar-refractivity contribution in [3.63, 3.8) is 0 Å². The zero-order chi connectivity index (χ0) is 21.8. The van der Waals surface area contributed by atoms with Gasteiger partial charge in [0.25, 0.3) is 5.17 Å². The van der Waals surface area contributed by atoms with Crippen molar-refractivity contribution in [2.24, 2.45) is 0 Å².